The first kappa shape index (κ1) is 11.2. The van der Waals surface area contributed by atoms with Gasteiger partial charge in [-0.15, -0.1) is 0 Å². The highest BCUT2D eigenvalue weighted by Crippen LogP contribution is 2.19. The highest BCUT2D eigenvalue weighted by Gasteiger charge is 2.02. The van der Waals surface area contributed by atoms with E-state index in [2.05, 4.69) is 21.2 Å². The summed E-state index contributed by atoms with van der Waals surface area (Å²) in [6, 6.07) is 9.51. The fraction of sp³-hybridized carbons (Fsp3) is 0.167. The fourth-order valence-corrected chi connectivity index (χ4v) is 1.70. The van der Waals surface area contributed by atoms with Crippen molar-refractivity contribution in [3.8, 4) is 0 Å². The van der Waals surface area contributed by atoms with Gasteiger partial charge in [-0.05, 0) is 39.7 Å². The first-order chi connectivity index (χ1) is 7.79. The van der Waals surface area contributed by atoms with Crippen LogP contribution >= 0.6 is 15.9 Å². The molecule has 0 bridgehead atoms. The number of hydrogen-bond donors (Lipinski definition) is 2. The fourth-order valence-electron chi connectivity index (χ4n) is 1.36. The molecule has 0 aliphatic rings. The molecule has 2 N–H and O–H groups in total. The predicted molar refractivity (Wildman–Crippen MR) is 66.1 cm³/mol. The zero-order chi connectivity index (χ0) is 11.4. The van der Waals surface area contributed by atoms with Crippen molar-refractivity contribution >= 4 is 21.6 Å². The van der Waals surface area contributed by atoms with E-state index in [9.17, 15) is 0 Å². The molecule has 1 aromatic heterocycles. The van der Waals surface area contributed by atoms with Gasteiger partial charge in [0.05, 0.1) is 23.9 Å². The number of aliphatic hydroxyl groups is 1. The Hall–Kier alpha value is -1.26. The van der Waals surface area contributed by atoms with Gasteiger partial charge in [0.15, 0.2) is 0 Å². The third-order valence-corrected chi connectivity index (χ3v) is 2.99. The summed E-state index contributed by atoms with van der Waals surface area (Å²) in [6.07, 6.45) is 1.65. The van der Waals surface area contributed by atoms with Gasteiger partial charge < -0.3 is 14.8 Å². The van der Waals surface area contributed by atoms with E-state index in [1.807, 2.05) is 30.3 Å². The van der Waals surface area contributed by atoms with Crippen LogP contribution in [0, 0.1) is 0 Å². The summed E-state index contributed by atoms with van der Waals surface area (Å²) >= 11 is 3.40. The Labute approximate surface area is 102 Å². The Bertz CT molecular complexity index is 450. The van der Waals surface area contributed by atoms with Crippen LogP contribution in [-0.4, -0.2) is 5.11 Å². The van der Waals surface area contributed by atoms with E-state index in [1.165, 1.54) is 0 Å². The van der Waals surface area contributed by atoms with E-state index < -0.39 is 0 Å². The summed E-state index contributed by atoms with van der Waals surface area (Å²) in [5, 5.41) is 12.1. The van der Waals surface area contributed by atoms with Crippen LogP contribution in [0.4, 0.5) is 5.69 Å². The quantitative estimate of drug-likeness (QED) is 0.905. The molecule has 84 valence electrons. The molecule has 0 unspecified atom stereocenters. The third kappa shape index (κ3) is 2.65. The van der Waals surface area contributed by atoms with Crippen LogP contribution in [0.15, 0.2) is 45.5 Å². The minimum Gasteiger partial charge on any atom is -0.466 e. The Balaban J connectivity index is 1.97. The topological polar surface area (TPSA) is 45.4 Å². The molecule has 1 aromatic carbocycles. The zero-order valence-corrected chi connectivity index (χ0v) is 10.2. The molecule has 0 amide bonds. The third-order valence-electron chi connectivity index (χ3n) is 2.28. The van der Waals surface area contributed by atoms with Crippen LogP contribution in [0.5, 0.6) is 0 Å². The monoisotopic (exact) mass is 281 g/mol. The molecule has 0 fully saturated rings. The summed E-state index contributed by atoms with van der Waals surface area (Å²) in [5.41, 5.74) is 1.91. The largest absolute Gasteiger partial charge is 0.466 e. The van der Waals surface area contributed by atoms with Gasteiger partial charge in [0.25, 0.3) is 0 Å². The molecule has 16 heavy (non-hydrogen) atoms. The van der Waals surface area contributed by atoms with Crippen molar-refractivity contribution in [3.05, 3.63) is 52.4 Å². The minimum atomic E-state index is 0.0734. The van der Waals surface area contributed by atoms with E-state index in [0.717, 1.165) is 21.5 Å². The second-order valence-corrected chi connectivity index (χ2v) is 4.25. The Morgan fingerprint density at radius 1 is 1.19 bits per heavy atom. The molecule has 0 aliphatic heterocycles. The minimum absolute atomic E-state index is 0.0734. The first-order valence-corrected chi connectivity index (χ1v) is 5.74. The van der Waals surface area contributed by atoms with Crippen molar-refractivity contribution in [2.75, 3.05) is 5.32 Å². The lowest BCUT2D eigenvalue weighted by atomic mass is 10.2. The lowest BCUT2D eigenvalue weighted by Crippen LogP contribution is -1.98. The normalized spacial score (nSPS) is 10.4. The highest BCUT2D eigenvalue weighted by atomic mass is 79.9. The summed E-state index contributed by atoms with van der Waals surface area (Å²) in [5.74, 6) is 0.867. The van der Waals surface area contributed by atoms with E-state index in [1.54, 1.807) is 6.26 Å². The van der Waals surface area contributed by atoms with Crippen molar-refractivity contribution in [2.24, 2.45) is 0 Å². The van der Waals surface area contributed by atoms with Crippen molar-refractivity contribution in [1.29, 1.82) is 0 Å². The van der Waals surface area contributed by atoms with Crippen LogP contribution < -0.4 is 5.32 Å². The molecule has 0 saturated carbocycles. The maximum Gasteiger partial charge on any atom is 0.136 e. The van der Waals surface area contributed by atoms with Gasteiger partial charge in [0, 0.05) is 5.69 Å². The van der Waals surface area contributed by atoms with Crippen LogP contribution in [0.1, 0.15) is 11.3 Å². The average molecular weight is 282 g/mol. The van der Waals surface area contributed by atoms with Crippen LogP contribution in [0.25, 0.3) is 0 Å². The van der Waals surface area contributed by atoms with Crippen LogP contribution in [0.3, 0.4) is 0 Å². The molecule has 0 saturated heterocycles. The van der Waals surface area contributed by atoms with Crippen molar-refractivity contribution in [1.82, 2.24) is 0 Å². The van der Waals surface area contributed by atoms with Gasteiger partial charge in [0.2, 0.25) is 0 Å². The number of furan rings is 1. The number of benzene rings is 1. The van der Waals surface area contributed by atoms with Gasteiger partial charge in [0.1, 0.15) is 5.76 Å². The van der Waals surface area contributed by atoms with Gasteiger partial charge in [-0.2, -0.15) is 0 Å². The molecule has 0 atom stereocenters. The number of hydrogen-bond acceptors (Lipinski definition) is 3. The number of halogens is 1. The first-order valence-electron chi connectivity index (χ1n) is 4.95. The molecule has 0 radical (unpaired) electrons. The molecule has 4 heteroatoms. The van der Waals surface area contributed by atoms with Gasteiger partial charge in [-0.3, -0.25) is 0 Å². The van der Waals surface area contributed by atoms with E-state index in [-0.39, 0.29) is 6.61 Å². The lowest BCUT2D eigenvalue weighted by molar-refractivity contribution is 0.282. The maximum atomic E-state index is 8.90. The predicted octanol–water partition coefficient (Wildman–Crippen LogP) is 3.15. The highest BCUT2D eigenvalue weighted by molar-refractivity contribution is 9.10. The average Bonchev–Trinajstić information content (AvgIpc) is 2.73. The molecular weight excluding hydrogens is 270 g/mol. The van der Waals surface area contributed by atoms with E-state index >= 15 is 0 Å². The second kappa shape index (κ2) is 5.18. The Morgan fingerprint density at radius 3 is 2.50 bits per heavy atom. The number of rotatable bonds is 4. The smallest absolute Gasteiger partial charge is 0.136 e. The number of anilines is 1. The van der Waals surface area contributed by atoms with Gasteiger partial charge in [-0.25, -0.2) is 0 Å². The Morgan fingerprint density at radius 2 is 1.94 bits per heavy atom. The molecule has 0 spiro atoms. The maximum absolute atomic E-state index is 8.90. The lowest BCUT2D eigenvalue weighted by Gasteiger charge is -2.05. The summed E-state index contributed by atoms with van der Waals surface area (Å²) < 4.78 is 6.25. The van der Waals surface area contributed by atoms with Gasteiger partial charge in [-0.1, -0.05) is 12.1 Å². The van der Waals surface area contributed by atoms with Crippen molar-refractivity contribution < 1.29 is 9.52 Å². The molecule has 3 nitrogen and oxygen atoms in total. The molecule has 2 aromatic rings. The van der Waals surface area contributed by atoms with E-state index in [4.69, 9.17) is 9.52 Å². The van der Waals surface area contributed by atoms with Crippen LogP contribution in [-0.2, 0) is 13.2 Å². The van der Waals surface area contributed by atoms with E-state index in [0.29, 0.717) is 6.54 Å². The van der Waals surface area contributed by atoms with Crippen LogP contribution in [0.2, 0.25) is 0 Å². The summed E-state index contributed by atoms with van der Waals surface area (Å²) in [7, 11) is 0. The zero-order valence-electron chi connectivity index (χ0n) is 8.61. The van der Waals surface area contributed by atoms with Gasteiger partial charge >= 0.3 is 0 Å². The molecule has 1 heterocycles. The van der Waals surface area contributed by atoms with Crippen molar-refractivity contribution in [3.63, 3.8) is 0 Å². The summed E-state index contributed by atoms with van der Waals surface area (Å²) in [6.45, 7) is 0.704. The molecule has 0 aliphatic carbocycles. The molecular formula is C12H12BrNO2. The molecule has 2 rings (SSSR count). The summed E-state index contributed by atoms with van der Waals surface area (Å²) in [4.78, 5) is 0. The van der Waals surface area contributed by atoms with Crippen molar-refractivity contribution in [2.45, 2.75) is 13.2 Å². The SMILES string of the molecule is OCc1ccc(NCc2occc2Br)cc1. The number of nitrogens with one attached hydrogen (secondary N) is 1. The Kier molecular flexibility index (Phi) is 3.64. The second-order valence-electron chi connectivity index (χ2n) is 3.40. The standard InChI is InChI=1S/C12H12BrNO2/c13-11-5-6-16-12(11)7-14-10-3-1-9(8-15)2-4-10/h1-6,14-15H,7-8H2. The number of aliphatic hydroxyl groups excluding tert-OH is 1.